The fraction of sp³-hybridized carbons (Fsp3) is 0.400. The van der Waals surface area contributed by atoms with Crippen LogP contribution in [0.4, 0.5) is 0 Å². The number of hydrogen-bond acceptors (Lipinski definition) is 2. The van der Waals surface area contributed by atoms with Crippen molar-refractivity contribution in [2.45, 2.75) is 25.0 Å². The zero-order chi connectivity index (χ0) is 9.10. The van der Waals surface area contributed by atoms with Gasteiger partial charge in [0.15, 0.2) is 0 Å². The van der Waals surface area contributed by atoms with Crippen LogP contribution in [0.25, 0.3) is 0 Å². The van der Waals surface area contributed by atoms with Crippen LogP contribution < -0.4 is 7.45 Å². The number of rotatable bonds is 3. The van der Waals surface area contributed by atoms with Gasteiger partial charge in [-0.2, -0.15) is 0 Å². The van der Waals surface area contributed by atoms with Gasteiger partial charge in [0.2, 0.25) is 0 Å². The van der Waals surface area contributed by atoms with Crippen LogP contribution in [0.5, 0.6) is 11.5 Å². The van der Waals surface area contributed by atoms with Crippen LogP contribution in [0, 0.1) is 0 Å². The molecule has 1 aliphatic heterocycles. The molecular weight excluding hydrogens is 227 g/mol. The van der Waals surface area contributed by atoms with E-state index in [2.05, 4.69) is 6.92 Å². The summed E-state index contributed by atoms with van der Waals surface area (Å²) in [6.45, 7) is 2.19. The van der Waals surface area contributed by atoms with Gasteiger partial charge in [0, 0.05) is 0 Å². The van der Waals surface area contributed by atoms with Gasteiger partial charge < -0.3 is 0 Å². The van der Waals surface area contributed by atoms with Gasteiger partial charge in [-0.15, -0.1) is 0 Å². The molecule has 0 aromatic heterocycles. The molecule has 0 aliphatic carbocycles. The van der Waals surface area contributed by atoms with E-state index in [4.69, 9.17) is 7.45 Å². The zero-order valence-corrected chi connectivity index (χ0v) is 9.57. The average Bonchev–Trinajstić information content (AvgIpc) is 2.57. The minimum absolute atomic E-state index is 0.943. The van der Waals surface area contributed by atoms with Crippen molar-refractivity contribution in [3.63, 3.8) is 0 Å². The van der Waals surface area contributed by atoms with E-state index >= 15 is 0 Å². The molecule has 0 spiro atoms. The van der Waals surface area contributed by atoms with E-state index in [0.29, 0.717) is 0 Å². The zero-order valence-electron chi connectivity index (χ0n) is 7.69. The summed E-state index contributed by atoms with van der Waals surface area (Å²) >= 11 is -1.45. The molecule has 1 heterocycles. The molecule has 0 radical (unpaired) electrons. The van der Waals surface area contributed by atoms with Crippen molar-refractivity contribution in [1.29, 1.82) is 0 Å². The molecule has 2 nitrogen and oxygen atoms in total. The van der Waals surface area contributed by atoms with Crippen LogP contribution in [-0.2, 0) is 0 Å². The normalized spacial score (nSPS) is 14.8. The first-order chi connectivity index (χ1) is 6.40. The van der Waals surface area contributed by atoms with Crippen molar-refractivity contribution in [2.24, 2.45) is 0 Å². The third kappa shape index (κ3) is 2.00. The molecule has 0 bridgehead atoms. The van der Waals surface area contributed by atoms with Crippen LogP contribution in [0.1, 0.15) is 19.8 Å². The minimum atomic E-state index is -1.45. The summed E-state index contributed by atoms with van der Waals surface area (Å²) in [6, 6.07) is 7.94. The Kier molecular flexibility index (Phi) is 2.80. The summed E-state index contributed by atoms with van der Waals surface area (Å²) in [5.41, 5.74) is 0. The van der Waals surface area contributed by atoms with E-state index in [1.54, 1.807) is 0 Å². The summed E-state index contributed by atoms with van der Waals surface area (Å²) in [6.07, 6.45) is 2.43. The topological polar surface area (TPSA) is 18.5 Å². The molecule has 1 aromatic carbocycles. The molecule has 0 saturated heterocycles. The van der Waals surface area contributed by atoms with Crippen LogP contribution in [-0.4, -0.2) is 15.3 Å². The fourth-order valence-corrected chi connectivity index (χ4v) is 4.44. The second kappa shape index (κ2) is 4.06. The Bertz CT molecular complexity index is 263. The first-order valence-corrected chi connectivity index (χ1v) is 7.48. The van der Waals surface area contributed by atoms with Gasteiger partial charge in [-0.05, 0) is 0 Å². The molecule has 3 heteroatoms. The number of para-hydroxylation sites is 2. The Morgan fingerprint density at radius 1 is 1.15 bits per heavy atom. The molecule has 0 amide bonds. The number of benzene rings is 1. The Morgan fingerprint density at radius 3 is 2.31 bits per heavy atom. The standard InChI is InChI=1S/C10H13AsO2/c1-2-3-8-11-12-9-6-4-5-7-10(9)13-11/h4-7H,2-3,8H2,1H3. The molecule has 0 fully saturated rings. The molecule has 1 aromatic rings. The molecule has 1 aliphatic rings. The van der Waals surface area contributed by atoms with Gasteiger partial charge >= 0.3 is 83.5 Å². The molecule has 0 N–H and O–H groups in total. The monoisotopic (exact) mass is 240 g/mol. The fourth-order valence-electron chi connectivity index (χ4n) is 1.22. The molecular formula is C10H13AsO2. The maximum absolute atomic E-state index is 5.73. The van der Waals surface area contributed by atoms with E-state index in [1.165, 1.54) is 12.8 Å². The quantitative estimate of drug-likeness (QED) is 0.756. The summed E-state index contributed by atoms with van der Waals surface area (Å²) in [4.78, 5) is 0. The Balaban J connectivity index is 1.97. The van der Waals surface area contributed by atoms with E-state index in [-0.39, 0.29) is 0 Å². The van der Waals surface area contributed by atoms with Crippen molar-refractivity contribution >= 4 is 15.3 Å². The van der Waals surface area contributed by atoms with Crippen molar-refractivity contribution in [2.75, 3.05) is 0 Å². The van der Waals surface area contributed by atoms with Gasteiger partial charge in [0.1, 0.15) is 0 Å². The molecule has 0 saturated carbocycles. The van der Waals surface area contributed by atoms with E-state index in [1.807, 2.05) is 24.3 Å². The first-order valence-electron chi connectivity index (χ1n) is 4.62. The van der Waals surface area contributed by atoms with Crippen LogP contribution in [0.15, 0.2) is 24.3 Å². The molecule has 13 heavy (non-hydrogen) atoms. The van der Waals surface area contributed by atoms with E-state index in [0.717, 1.165) is 16.7 Å². The number of hydrogen-bond donors (Lipinski definition) is 0. The van der Waals surface area contributed by atoms with Crippen molar-refractivity contribution < 1.29 is 7.45 Å². The van der Waals surface area contributed by atoms with E-state index < -0.39 is 15.3 Å². The second-order valence-electron chi connectivity index (χ2n) is 3.04. The van der Waals surface area contributed by atoms with Gasteiger partial charge in [0.25, 0.3) is 0 Å². The van der Waals surface area contributed by atoms with Gasteiger partial charge in [-0.3, -0.25) is 0 Å². The number of fused-ring (bicyclic) bond motifs is 1. The summed E-state index contributed by atoms with van der Waals surface area (Å²) in [7, 11) is 0. The maximum atomic E-state index is 5.73. The summed E-state index contributed by atoms with van der Waals surface area (Å²) in [5.74, 6) is 1.89. The van der Waals surface area contributed by atoms with Gasteiger partial charge in [-0.25, -0.2) is 0 Å². The van der Waals surface area contributed by atoms with Gasteiger partial charge in [-0.1, -0.05) is 0 Å². The molecule has 2 rings (SSSR count). The van der Waals surface area contributed by atoms with E-state index in [9.17, 15) is 0 Å². The van der Waals surface area contributed by atoms with Crippen molar-refractivity contribution in [1.82, 2.24) is 0 Å². The SMILES string of the molecule is CCCC[As]1Oc2ccccc2O1. The van der Waals surface area contributed by atoms with Crippen molar-refractivity contribution in [3.05, 3.63) is 24.3 Å². The average molecular weight is 240 g/mol. The Morgan fingerprint density at radius 2 is 1.77 bits per heavy atom. The summed E-state index contributed by atoms with van der Waals surface area (Å²) < 4.78 is 11.5. The predicted octanol–water partition coefficient (Wildman–Crippen LogP) is 2.75. The third-order valence-electron chi connectivity index (χ3n) is 1.94. The molecule has 70 valence electrons. The number of unbranched alkanes of at least 4 members (excludes halogenated alkanes) is 1. The Labute approximate surface area is 83.8 Å². The Hall–Kier alpha value is -0.622. The molecule has 0 atom stereocenters. The van der Waals surface area contributed by atoms with Crippen LogP contribution >= 0.6 is 0 Å². The third-order valence-corrected chi connectivity index (χ3v) is 5.05. The van der Waals surface area contributed by atoms with Gasteiger partial charge in [0.05, 0.1) is 0 Å². The van der Waals surface area contributed by atoms with Crippen molar-refractivity contribution in [3.8, 4) is 11.5 Å². The predicted molar refractivity (Wildman–Crippen MR) is 53.2 cm³/mol. The second-order valence-corrected chi connectivity index (χ2v) is 6.14. The van der Waals surface area contributed by atoms with Crippen LogP contribution in [0.2, 0.25) is 5.21 Å². The first kappa shape index (κ1) is 8.95. The summed E-state index contributed by atoms with van der Waals surface area (Å²) in [5, 5.41) is 1.12. The van der Waals surface area contributed by atoms with Crippen LogP contribution in [0.3, 0.4) is 0 Å². The molecule has 0 unspecified atom stereocenters.